The third-order valence-electron chi connectivity index (χ3n) is 4.49. The first kappa shape index (κ1) is 21.6. The maximum atomic E-state index is 12.6. The average Bonchev–Trinajstić information content (AvgIpc) is 2.69. The molecule has 2 aromatic rings. The molecule has 0 aliphatic carbocycles. The summed E-state index contributed by atoms with van der Waals surface area (Å²) in [5.41, 5.74) is 1.73. The van der Waals surface area contributed by atoms with Crippen molar-refractivity contribution in [3.63, 3.8) is 0 Å². The molecule has 0 aliphatic heterocycles. The van der Waals surface area contributed by atoms with Crippen LogP contribution in [0, 0.1) is 0 Å². The topological polar surface area (TPSA) is 60.0 Å². The maximum Gasteiger partial charge on any atom is 0.238 e. The Hall–Kier alpha value is -2.73. The van der Waals surface area contributed by atoms with Crippen molar-refractivity contribution in [2.75, 3.05) is 39.2 Å². The Morgan fingerprint density at radius 1 is 1.04 bits per heavy atom. The summed E-state index contributed by atoms with van der Waals surface area (Å²) in [4.78, 5) is 14.6. The van der Waals surface area contributed by atoms with Crippen molar-refractivity contribution in [3.05, 3.63) is 48.0 Å². The van der Waals surface area contributed by atoms with Gasteiger partial charge in [-0.25, -0.2) is 0 Å². The van der Waals surface area contributed by atoms with Gasteiger partial charge in [-0.15, -0.1) is 0 Å². The lowest BCUT2D eigenvalue weighted by molar-refractivity contribution is -0.117. The molecule has 28 heavy (non-hydrogen) atoms. The first-order valence-electron chi connectivity index (χ1n) is 9.52. The van der Waals surface area contributed by atoms with E-state index in [1.807, 2.05) is 62.2 Å². The van der Waals surface area contributed by atoms with E-state index < -0.39 is 0 Å². The molecule has 0 saturated heterocycles. The minimum absolute atomic E-state index is 0.0813. The van der Waals surface area contributed by atoms with Gasteiger partial charge in [0.05, 0.1) is 32.6 Å². The predicted octanol–water partition coefficient (Wildman–Crippen LogP) is 4.12. The molecule has 0 spiro atoms. The number of benzene rings is 2. The highest BCUT2D eigenvalue weighted by molar-refractivity contribution is 5.94. The number of hydrogen-bond acceptors (Lipinski definition) is 5. The molecule has 1 amide bonds. The van der Waals surface area contributed by atoms with Crippen LogP contribution in [0.1, 0.15) is 32.4 Å². The van der Waals surface area contributed by atoms with E-state index in [-0.39, 0.29) is 18.5 Å². The molecular formula is C22H30N2O4. The zero-order chi connectivity index (χ0) is 20.5. The average molecular weight is 386 g/mol. The van der Waals surface area contributed by atoms with Crippen LogP contribution in [0.5, 0.6) is 17.2 Å². The molecule has 0 heterocycles. The molecular weight excluding hydrogens is 356 g/mol. The Morgan fingerprint density at radius 3 is 2.29 bits per heavy atom. The van der Waals surface area contributed by atoms with Crippen molar-refractivity contribution in [2.24, 2.45) is 0 Å². The highest BCUT2D eigenvalue weighted by Gasteiger charge is 2.16. The van der Waals surface area contributed by atoms with Gasteiger partial charge in [0, 0.05) is 12.1 Å². The molecule has 2 rings (SSSR count). The SMILES string of the molecule is CCOc1ccc(OCC)c(NC(=O)CN(C)C(C)c2ccc(OC)cc2)c1. The zero-order valence-electron chi connectivity index (χ0n) is 17.3. The van der Waals surface area contributed by atoms with E-state index in [1.54, 1.807) is 13.2 Å². The molecule has 0 radical (unpaired) electrons. The Bertz CT molecular complexity index is 762. The first-order chi connectivity index (χ1) is 13.5. The van der Waals surface area contributed by atoms with Crippen molar-refractivity contribution >= 4 is 11.6 Å². The molecule has 0 aromatic heterocycles. The van der Waals surface area contributed by atoms with Crippen molar-refractivity contribution < 1.29 is 19.0 Å². The Balaban J connectivity index is 2.04. The highest BCUT2D eigenvalue weighted by atomic mass is 16.5. The van der Waals surface area contributed by atoms with E-state index in [4.69, 9.17) is 14.2 Å². The number of nitrogens with one attached hydrogen (secondary N) is 1. The fraction of sp³-hybridized carbons (Fsp3) is 0.409. The molecule has 0 bridgehead atoms. The third kappa shape index (κ3) is 5.89. The smallest absolute Gasteiger partial charge is 0.238 e. The van der Waals surface area contributed by atoms with Gasteiger partial charge in [-0.05, 0) is 57.6 Å². The monoisotopic (exact) mass is 386 g/mol. The van der Waals surface area contributed by atoms with Crippen molar-refractivity contribution in [1.82, 2.24) is 4.90 Å². The van der Waals surface area contributed by atoms with Gasteiger partial charge >= 0.3 is 0 Å². The number of amides is 1. The lowest BCUT2D eigenvalue weighted by Crippen LogP contribution is -2.32. The third-order valence-corrected chi connectivity index (χ3v) is 4.49. The zero-order valence-corrected chi connectivity index (χ0v) is 17.3. The van der Waals surface area contributed by atoms with Crippen molar-refractivity contribution in [2.45, 2.75) is 26.8 Å². The van der Waals surface area contributed by atoms with Gasteiger partial charge in [0.25, 0.3) is 0 Å². The van der Waals surface area contributed by atoms with Crippen LogP contribution in [-0.2, 0) is 4.79 Å². The number of anilines is 1. The lowest BCUT2D eigenvalue weighted by Gasteiger charge is -2.25. The van der Waals surface area contributed by atoms with Crippen LogP contribution >= 0.6 is 0 Å². The van der Waals surface area contributed by atoms with E-state index in [0.717, 1.165) is 11.3 Å². The number of rotatable bonds is 10. The van der Waals surface area contributed by atoms with Crippen LogP contribution in [0.25, 0.3) is 0 Å². The van der Waals surface area contributed by atoms with Gasteiger partial charge < -0.3 is 19.5 Å². The number of hydrogen-bond donors (Lipinski definition) is 1. The number of carbonyl (C=O) groups is 1. The molecule has 1 atom stereocenters. The minimum Gasteiger partial charge on any atom is -0.497 e. The number of likely N-dealkylation sites (N-methyl/N-ethyl adjacent to an activating group) is 1. The van der Waals surface area contributed by atoms with Gasteiger partial charge in [0.15, 0.2) is 0 Å². The van der Waals surface area contributed by atoms with E-state index in [2.05, 4.69) is 12.2 Å². The molecule has 1 N–H and O–H groups in total. The highest BCUT2D eigenvalue weighted by Crippen LogP contribution is 2.29. The number of ether oxygens (including phenoxy) is 3. The quantitative estimate of drug-likeness (QED) is 0.665. The standard InChI is InChI=1S/C22H30N2O4/c1-6-27-19-12-13-21(28-7-2)20(14-19)23-22(25)15-24(4)16(3)17-8-10-18(26-5)11-9-17/h8-14,16H,6-7,15H2,1-5H3,(H,23,25). The first-order valence-corrected chi connectivity index (χ1v) is 9.52. The predicted molar refractivity (Wildman–Crippen MR) is 111 cm³/mol. The summed E-state index contributed by atoms with van der Waals surface area (Å²) in [6, 6.07) is 13.4. The van der Waals surface area contributed by atoms with Crippen LogP contribution in [0.15, 0.2) is 42.5 Å². The second-order valence-corrected chi connectivity index (χ2v) is 6.44. The van der Waals surface area contributed by atoms with E-state index in [1.165, 1.54) is 0 Å². The Kier molecular flexibility index (Phi) is 8.14. The molecule has 0 saturated carbocycles. The molecule has 6 nitrogen and oxygen atoms in total. The summed E-state index contributed by atoms with van der Waals surface area (Å²) >= 11 is 0. The largest absolute Gasteiger partial charge is 0.497 e. The molecule has 2 aromatic carbocycles. The Labute approximate surface area is 167 Å². The summed E-state index contributed by atoms with van der Waals surface area (Å²) in [6.45, 7) is 7.22. The summed E-state index contributed by atoms with van der Waals surface area (Å²) in [5, 5.41) is 2.94. The fourth-order valence-corrected chi connectivity index (χ4v) is 2.83. The van der Waals surface area contributed by atoms with Crippen molar-refractivity contribution in [1.29, 1.82) is 0 Å². The molecule has 152 valence electrons. The van der Waals surface area contributed by atoms with E-state index in [0.29, 0.717) is 30.4 Å². The molecule has 1 unspecified atom stereocenters. The van der Waals surface area contributed by atoms with E-state index >= 15 is 0 Å². The maximum absolute atomic E-state index is 12.6. The summed E-state index contributed by atoms with van der Waals surface area (Å²) in [6.07, 6.45) is 0. The summed E-state index contributed by atoms with van der Waals surface area (Å²) in [7, 11) is 3.57. The van der Waals surface area contributed by atoms with Gasteiger partial charge in [-0.3, -0.25) is 9.69 Å². The van der Waals surface area contributed by atoms with E-state index in [9.17, 15) is 4.79 Å². The number of nitrogens with zero attached hydrogens (tertiary/aromatic N) is 1. The molecule has 0 fully saturated rings. The lowest BCUT2D eigenvalue weighted by atomic mass is 10.1. The Morgan fingerprint density at radius 2 is 1.68 bits per heavy atom. The number of carbonyl (C=O) groups excluding carboxylic acids is 1. The minimum atomic E-state index is -0.113. The fourth-order valence-electron chi connectivity index (χ4n) is 2.83. The van der Waals surface area contributed by atoms with Gasteiger partial charge in [0.2, 0.25) is 5.91 Å². The molecule has 6 heteroatoms. The van der Waals surface area contributed by atoms with Gasteiger partial charge in [-0.2, -0.15) is 0 Å². The molecule has 0 aliphatic rings. The summed E-state index contributed by atoms with van der Waals surface area (Å²) < 4.78 is 16.3. The van der Waals surface area contributed by atoms with Crippen LogP contribution < -0.4 is 19.5 Å². The van der Waals surface area contributed by atoms with Gasteiger partial charge in [-0.1, -0.05) is 12.1 Å². The summed E-state index contributed by atoms with van der Waals surface area (Å²) in [5.74, 6) is 2.03. The van der Waals surface area contributed by atoms with Crippen LogP contribution in [-0.4, -0.2) is 44.7 Å². The normalized spacial score (nSPS) is 11.8. The van der Waals surface area contributed by atoms with Gasteiger partial charge in [0.1, 0.15) is 17.2 Å². The van der Waals surface area contributed by atoms with Crippen LogP contribution in [0.3, 0.4) is 0 Å². The van der Waals surface area contributed by atoms with Crippen molar-refractivity contribution in [3.8, 4) is 17.2 Å². The van der Waals surface area contributed by atoms with Crippen LogP contribution in [0.4, 0.5) is 5.69 Å². The second kappa shape index (κ2) is 10.6. The second-order valence-electron chi connectivity index (χ2n) is 6.44. The van der Waals surface area contributed by atoms with Crippen LogP contribution in [0.2, 0.25) is 0 Å². The number of methoxy groups -OCH3 is 1.